The van der Waals surface area contributed by atoms with Crippen LogP contribution in [0.25, 0.3) is 11.0 Å². The van der Waals surface area contributed by atoms with Crippen molar-refractivity contribution in [2.24, 2.45) is 0 Å². The molecule has 3 aromatic rings. The summed E-state index contributed by atoms with van der Waals surface area (Å²) < 4.78 is 13.8. The number of amides is 1. The lowest BCUT2D eigenvalue weighted by atomic mass is 10.2. The molecule has 0 bridgehead atoms. The van der Waals surface area contributed by atoms with E-state index in [2.05, 4.69) is 16.5 Å². The summed E-state index contributed by atoms with van der Waals surface area (Å²) in [7, 11) is 0. The highest BCUT2D eigenvalue weighted by atomic mass is 16.6. The lowest BCUT2D eigenvalue weighted by Crippen LogP contribution is -2.38. The van der Waals surface area contributed by atoms with Gasteiger partial charge < -0.3 is 18.9 Å². The lowest BCUT2D eigenvalue weighted by Gasteiger charge is -2.26. The quantitative estimate of drug-likeness (QED) is 0.618. The smallest absolute Gasteiger partial charge is 0.410 e. The molecule has 0 radical (unpaired) electrons. The molecule has 1 aromatic carbocycles. The molecule has 7 heteroatoms. The molecular weight excluding hydrogens is 380 g/mol. The predicted molar refractivity (Wildman–Crippen MR) is 115 cm³/mol. The van der Waals surface area contributed by atoms with Crippen molar-refractivity contribution in [2.45, 2.75) is 53.2 Å². The number of imidazole rings is 1. The van der Waals surface area contributed by atoms with E-state index in [1.165, 1.54) is 0 Å². The molecule has 0 N–H and O–H groups in total. The van der Waals surface area contributed by atoms with Crippen molar-refractivity contribution >= 4 is 17.1 Å². The number of rotatable bonds is 2. The van der Waals surface area contributed by atoms with Gasteiger partial charge in [-0.25, -0.2) is 14.8 Å². The summed E-state index contributed by atoms with van der Waals surface area (Å²) in [4.78, 5) is 23.8. The summed E-state index contributed by atoms with van der Waals surface area (Å²) in [5.74, 6) is 2.18. The molecule has 0 unspecified atom stereocenters. The van der Waals surface area contributed by atoms with E-state index in [-0.39, 0.29) is 6.09 Å². The fraction of sp³-hybridized carbons (Fsp3) is 0.435. The van der Waals surface area contributed by atoms with Crippen LogP contribution in [0.1, 0.15) is 37.9 Å². The van der Waals surface area contributed by atoms with Crippen LogP contribution in [0.3, 0.4) is 0 Å². The lowest BCUT2D eigenvalue weighted by molar-refractivity contribution is 0.0254. The highest BCUT2D eigenvalue weighted by Gasteiger charge is 2.27. The van der Waals surface area contributed by atoms with E-state index in [9.17, 15) is 4.79 Å². The SMILES string of the molecule is Cc1nc(Oc2ccccc2)c2nc3n(c2c1C)CCN(C(=O)OC(C)(C)C)CC3. The molecular formula is C23H28N4O3. The molecule has 158 valence electrons. The van der Waals surface area contributed by atoms with Gasteiger partial charge in [-0.3, -0.25) is 0 Å². The van der Waals surface area contributed by atoms with Crippen LogP contribution in [0.4, 0.5) is 4.79 Å². The third kappa shape index (κ3) is 3.97. The number of aromatic nitrogens is 3. The van der Waals surface area contributed by atoms with E-state index < -0.39 is 5.60 Å². The highest BCUT2D eigenvalue weighted by molar-refractivity contribution is 5.85. The van der Waals surface area contributed by atoms with Crippen LogP contribution >= 0.6 is 0 Å². The maximum Gasteiger partial charge on any atom is 0.410 e. The van der Waals surface area contributed by atoms with Crippen molar-refractivity contribution in [1.29, 1.82) is 0 Å². The van der Waals surface area contributed by atoms with Crippen LogP contribution in [0.2, 0.25) is 0 Å². The molecule has 1 aliphatic heterocycles. The summed E-state index contributed by atoms with van der Waals surface area (Å²) in [6.45, 7) is 11.5. The number of ether oxygens (including phenoxy) is 2. The Morgan fingerprint density at radius 3 is 2.47 bits per heavy atom. The van der Waals surface area contributed by atoms with E-state index in [0.717, 1.165) is 33.9 Å². The average molecular weight is 409 g/mol. The van der Waals surface area contributed by atoms with Gasteiger partial charge in [-0.2, -0.15) is 0 Å². The van der Waals surface area contributed by atoms with Gasteiger partial charge in [-0.1, -0.05) is 18.2 Å². The molecule has 0 fully saturated rings. The first-order valence-electron chi connectivity index (χ1n) is 10.3. The molecule has 30 heavy (non-hydrogen) atoms. The summed E-state index contributed by atoms with van der Waals surface area (Å²) in [6.07, 6.45) is 0.372. The number of nitrogens with zero attached hydrogens (tertiary/aromatic N) is 4. The monoisotopic (exact) mass is 408 g/mol. The van der Waals surface area contributed by atoms with Gasteiger partial charge in [-0.15, -0.1) is 0 Å². The van der Waals surface area contributed by atoms with Crippen LogP contribution in [0, 0.1) is 13.8 Å². The van der Waals surface area contributed by atoms with Crippen molar-refractivity contribution in [3.05, 3.63) is 47.4 Å². The molecule has 4 rings (SSSR count). The molecule has 0 atom stereocenters. The van der Waals surface area contributed by atoms with Crippen LogP contribution in [0.15, 0.2) is 30.3 Å². The van der Waals surface area contributed by atoms with Crippen LogP contribution in [-0.2, 0) is 17.7 Å². The molecule has 0 aliphatic carbocycles. The Morgan fingerprint density at radius 2 is 1.77 bits per heavy atom. The molecule has 1 amide bonds. The first-order valence-corrected chi connectivity index (χ1v) is 10.3. The topological polar surface area (TPSA) is 69.5 Å². The second-order valence-corrected chi connectivity index (χ2v) is 8.64. The van der Waals surface area contributed by atoms with Crippen molar-refractivity contribution in [3.8, 4) is 11.6 Å². The Labute approximate surface area is 176 Å². The average Bonchev–Trinajstić information content (AvgIpc) is 2.91. The van der Waals surface area contributed by atoms with Crippen LogP contribution in [0.5, 0.6) is 11.6 Å². The summed E-state index contributed by atoms with van der Waals surface area (Å²) >= 11 is 0. The minimum atomic E-state index is -0.507. The summed E-state index contributed by atoms with van der Waals surface area (Å²) in [5.41, 5.74) is 3.27. The highest BCUT2D eigenvalue weighted by Crippen LogP contribution is 2.32. The number of hydrogen-bond acceptors (Lipinski definition) is 5. The minimum Gasteiger partial charge on any atom is -0.444 e. The first-order chi connectivity index (χ1) is 14.2. The molecule has 7 nitrogen and oxygen atoms in total. The predicted octanol–water partition coefficient (Wildman–Crippen LogP) is 4.63. The first kappa shape index (κ1) is 20.2. The van der Waals surface area contributed by atoms with E-state index in [1.807, 2.05) is 58.0 Å². The van der Waals surface area contributed by atoms with Crippen molar-refractivity contribution in [2.75, 3.05) is 13.1 Å². The fourth-order valence-electron chi connectivity index (χ4n) is 3.67. The van der Waals surface area contributed by atoms with Gasteiger partial charge >= 0.3 is 6.09 Å². The van der Waals surface area contributed by atoms with E-state index in [0.29, 0.717) is 31.9 Å². The number of aryl methyl sites for hydroxylation is 2. The number of carbonyl (C=O) groups is 1. The Balaban J connectivity index is 1.67. The molecule has 1 aliphatic rings. The van der Waals surface area contributed by atoms with E-state index in [1.54, 1.807) is 4.90 Å². The second kappa shape index (κ2) is 7.63. The van der Waals surface area contributed by atoms with Gasteiger partial charge in [0.2, 0.25) is 5.88 Å². The molecule has 2 aromatic heterocycles. The largest absolute Gasteiger partial charge is 0.444 e. The fourth-order valence-corrected chi connectivity index (χ4v) is 3.67. The van der Waals surface area contributed by atoms with E-state index in [4.69, 9.17) is 14.5 Å². The van der Waals surface area contributed by atoms with Crippen molar-refractivity contribution < 1.29 is 14.3 Å². The summed E-state index contributed by atoms with van der Waals surface area (Å²) in [6, 6.07) is 9.62. The van der Waals surface area contributed by atoms with Gasteiger partial charge in [-0.05, 0) is 52.3 Å². The van der Waals surface area contributed by atoms with Gasteiger partial charge in [0.05, 0.1) is 5.52 Å². The Morgan fingerprint density at radius 1 is 1.03 bits per heavy atom. The van der Waals surface area contributed by atoms with Crippen LogP contribution in [-0.4, -0.2) is 44.2 Å². The molecule has 0 saturated heterocycles. The number of fused-ring (bicyclic) bond motifs is 3. The number of hydrogen-bond donors (Lipinski definition) is 0. The molecule has 0 saturated carbocycles. The zero-order valence-corrected chi connectivity index (χ0v) is 18.2. The Kier molecular flexibility index (Phi) is 5.13. The third-order valence-electron chi connectivity index (χ3n) is 5.22. The maximum absolute atomic E-state index is 12.5. The third-order valence-corrected chi connectivity index (χ3v) is 5.22. The standard InChI is InChI=1S/C23H28N4O3/c1-15-16(2)24-21(29-17-9-7-6-8-10-17)19-20(15)27-14-13-26(12-11-18(27)25-19)22(28)30-23(3,4)5/h6-10H,11-14H2,1-5H3. The zero-order chi connectivity index (χ0) is 21.5. The number of carbonyl (C=O) groups excluding carboxylic acids is 1. The van der Waals surface area contributed by atoms with Gasteiger partial charge in [0.25, 0.3) is 0 Å². The maximum atomic E-state index is 12.5. The normalized spacial score (nSPS) is 14.4. The zero-order valence-electron chi connectivity index (χ0n) is 18.2. The van der Waals surface area contributed by atoms with Crippen LogP contribution < -0.4 is 4.74 Å². The van der Waals surface area contributed by atoms with Gasteiger partial charge in [0, 0.05) is 31.7 Å². The minimum absolute atomic E-state index is 0.278. The number of pyridine rings is 1. The number of para-hydroxylation sites is 1. The van der Waals surface area contributed by atoms with E-state index >= 15 is 0 Å². The Hall–Kier alpha value is -3.09. The van der Waals surface area contributed by atoms with Gasteiger partial charge in [0.1, 0.15) is 17.2 Å². The molecule has 3 heterocycles. The Bertz CT molecular complexity index is 1080. The number of benzene rings is 1. The van der Waals surface area contributed by atoms with Crippen molar-refractivity contribution in [1.82, 2.24) is 19.4 Å². The summed E-state index contributed by atoms with van der Waals surface area (Å²) in [5, 5.41) is 0. The van der Waals surface area contributed by atoms with Crippen molar-refractivity contribution in [3.63, 3.8) is 0 Å². The molecule has 0 spiro atoms. The van der Waals surface area contributed by atoms with Gasteiger partial charge in [0.15, 0.2) is 5.52 Å². The second-order valence-electron chi connectivity index (χ2n) is 8.64.